The van der Waals surface area contributed by atoms with Crippen LogP contribution in [0.2, 0.25) is 0 Å². The number of carboxylic acid groups (broad SMARTS) is 1. The SMILES string of the molecule is CC1CCN(C(=O)NCC2CCCC2C(=O)O)C(C)C1. The maximum Gasteiger partial charge on any atom is 0.317 e. The number of piperidine rings is 1. The molecule has 0 aromatic heterocycles. The van der Waals surface area contributed by atoms with Gasteiger partial charge in [-0.15, -0.1) is 0 Å². The molecule has 114 valence electrons. The van der Waals surface area contributed by atoms with Crippen LogP contribution in [-0.4, -0.2) is 41.1 Å². The zero-order valence-corrected chi connectivity index (χ0v) is 12.5. The van der Waals surface area contributed by atoms with Gasteiger partial charge in [0.25, 0.3) is 0 Å². The summed E-state index contributed by atoms with van der Waals surface area (Å²) in [6, 6.07) is 0.248. The Morgan fingerprint density at radius 3 is 2.65 bits per heavy atom. The number of carboxylic acids is 1. The van der Waals surface area contributed by atoms with Gasteiger partial charge >= 0.3 is 12.0 Å². The molecule has 2 fully saturated rings. The van der Waals surface area contributed by atoms with Gasteiger partial charge in [0, 0.05) is 19.1 Å². The summed E-state index contributed by atoms with van der Waals surface area (Å²) in [5.41, 5.74) is 0. The van der Waals surface area contributed by atoms with Gasteiger partial charge in [0.1, 0.15) is 0 Å². The van der Waals surface area contributed by atoms with Crippen LogP contribution in [0.15, 0.2) is 0 Å². The molecule has 0 spiro atoms. The van der Waals surface area contributed by atoms with Crippen LogP contribution in [0, 0.1) is 17.8 Å². The molecule has 2 aliphatic rings. The van der Waals surface area contributed by atoms with Crippen molar-refractivity contribution >= 4 is 12.0 Å². The third kappa shape index (κ3) is 3.44. The van der Waals surface area contributed by atoms with Crippen LogP contribution in [0.5, 0.6) is 0 Å². The smallest absolute Gasteiger partial charge is 0.317 e. The Kier molecular flexibility index (Phi) is 4.89. The lowest BCUT2D eigenvalue weighted by Crippen LogP contribution is -2.50. The van der Waals surface area contributed by atoms with Gasteiger partial charge in [0.05, 0.1) is 5.92 Å². The molecule has 20 heavy (non-hydrogen) atoms. The van der Waals surface area contributed by atoms with Crippen molar-refractivity contribution in [1.82, 2.24) is 10.2 Å². The number of nitrogens with zero attached hydrogens (tertiary/aromatic N) is 1. The maximum absolute atomic E-state index is 12.2. The normalized spacial score (nSPS) is 34.0. The van der Waals surface area contributed by atoms with E-state index < -0.39 is 5.97 Å². The summed E-state index contributed by atoms with van der Waals surface area (Å²) >= 11 is 0. The second-order valence-corrected chi connectivity index (χ2v) is 6.49. The number of nitrogens with one attached hydrogen (secondary N) is 1. The van der Waals surface area contributed by atoms with Crippen LogP contribution < -0.4 is 5.32 Å². The molecule has 1 heterocycles. The molecule has 2 rings (SSSR count). The highest BCUT2D eigenvalue weighted by Gasteiger charge is 2.34. The molecule has 1 saturated carbocycles. The standard InChI is InChI=1S/C15H26N2O3/c1-10-6-7-17(11(2)8-10)15(20)16-9-12-4-3-5-13(12)14(18)19/h10-13H,3-9H2,1-2H3,(H,16,20)(H,18,19). The van der Waals surface area contributed by atoms with Crippen LogP contribution >= 0.6 is 0 Å². The zero-order chi connectivity index (χ0) is 14.7. The summed E-state index contributed by atoms with van der Waals surface area (Å²) in [6.45, 7) is 5.61. The number of aliphatic carboxylic acids is 1. The van der Waals surface area contributed by atoms with Crippen molar-refractivity contribution in [2.24, 2.45) is 17.8 Å². The molecule has 2 amide bonds. The number of likely N-dealkylation sites (tertiary alicyclic amines) is 1. The number of urea groups is 1. The highest BCUT2D eigenvalue weighted by Crippen LogP contribution is 2.31. The molecule has 2 N–H and O–H groups in total. The molecule has 0 bridgehead atoms. The van der Waals surface area contributed by atoms with E-state index in [2.05, 4.69) is 19.2 Å². The summed E-state index contributed by atoms with van der Waals surface area (Å²) in [4.78, 5) is 25.2. The van der Waals surface area contributed by atoms with Gasteiger partial charge in [-0.2, -0.15) is 0 Å². The van der Waals surface area contributed by atoms with E-state index >= 15 is 0 Å². The minimum atomic E-state index is -0.720. The summed E-state index contributed by atoms with van der Waals surface area (Å²) < 4.78 is 0. The summed E-state index contributed by atoms with van der Waals surface area (Å²) in [6.07, 6.45) is 4.71. The molecule has 5 heteroatoms. The number of rotatable bonds is 3. The molecule has 1 aliphatic carbocycles. The molecule has 0 aromatic carbocycles. The van der Waals surface area contributed by atoms with Gasteiger partial charge in [0.15, 0.2) is 0 Å². The number of hydrogen-bond acceptors (Lipinski definition) is 2. The van der Waals surface area contributed by atoms with Gasteiger partial charge < -0.3 is 15.3 Å². The highest BCUT2D eigenvalue weighted by atomic mass is 16.4. The van der Waals surface area contributed by atoms with Gasteiger partial charge in [-0.1, -0.05) is 13.3 Å². The van der Waals surface area contributed by atoms with Gasteiger partial charge in [0.2, 0.25) is 0 Å². The first-order valence-electron chi connectivity index (χ1n) is 7.76. The minimum absolute atomic E-state index is 0.0274. The third-order valence-corrected chi connectivity index (χ3v) is 4.89. The van der Waals surface area contributed by atoms with E-state index in [4.69, 9.17) is 5.11 Å². The molecule has 4 unspecified atom stereocenters. The summed E-state index contributed by atoms with van der Waals surface area (Å²) in [7, 11) is 0. The van der Waals surface area contributed by atoms with E-state index in [1.54, 1.807) is 0 Å². The minimum Gasteiger partial charge on any atom is -0.481 e. The third-order valence-electron chi connectivity index (χ3n) is 4.89. The highest BCUT2D eigenvalue weighted by molar-refractivity contribution is 5.75. The predicted octanol–water partition coefficient (Wildman–Crippen LogP) is 2.32. The largest absolute Gasteiger partial charge is 0.481 e. The molecule has 1 aliphatic heterocycles. The number of carbonyl (C=O) groups is 2. The van der Waals surface area contributed by atoms with Crippen molar-refractivity contribution in [3.05, 3.63) is 0 Å². The van der Waals surface area contributed by atoms with E-state index in [0.29, 0.717) is 12.5 Å². The fourth-order valence-electron chi connectivity index (χ4n) is 3.64. The second kappa shape index (κ2) is 6.46. The average Bonchev–Trinajstić information content (AvgIpc) is 2.84. The lowest BCUT2D eigenvalue weighted by Gasteiger charge is -2.36. The van der Waals surface area contributed by atoms with Crippen molar-refractivity contribution < 1.29 is 14.7 Å². The zero-order valence-electron chi connectivity index (χ0n) is 12.5. The monoisotopic (exact) mass is 282 g/mol. The number of carbonyl (C=O) groups excluding carboxylic acids is 1. The van der Waals surface area contributed by atoms with Crippen LogP contribution in [0.3, 0.4) is 0 Å². The summed E-state index contributed by atoms with van der Waals surface area (Å²) in [5.74, 6) is -0.230. The Bertz CT molecular complexity index is 372. The second-order valence-electron chi connectivity index (χ2n) is 6.49. The molecule has 0 radical (unpaired) electrons. The fraction of sp³-hybridized carbons (Fsp3) is 0.867. The number of hydrogen-bond donors (Lipinski definition) is 2. The van der Waals surface area contributed by atoms with Gasteiger partial charge in [-0.05, 0) is 44.4 Å². The summed E-state index contributed by atoms with van der Waals surface area (Å²) in [5, 5.41) is 12.1. The van der Waals surface area contributed by atoms with Crippen LogP contribution in [0.25, 0.3) is 0 Å². The van der Waals surface area contributed by atoms with Crippen molar-refractivity contribution in [1.29, 1.82) is 0 Å². The number of amides is 2. The lowest BCUT2D eigenvalue weighted by molar-refractivity contribution is -0.142. The average molecular weight is 282 g/mol. The predicted molar refractivity (Wildman–Crippen MR) is 76.4 cm³/mol. The van der Waals surface area contributed by atoms with E-state index in [1.165, 1.54) is 0 Å². The van der Waals surface area contributed by atoms with Crippen molar-refractivity contribution in [2.45, 2.75) is 52.0 Å². The topological polar surface area (TPSA) is 69.6 Å². The molecular weight excluding hydrogens is 256 g/mol. The quantitative estimate of drug-likeness (QED) is 0.834. The first-order valence-corrected chi connectivity index (χ1v) is 7.76. The molecule has 4 atom stereocenters. The Balaban J connectivity index is 1.81. The molecule has 5 nitrogen and oxygen atoms in total. The van der Waals surface area contributed by atoms with Crippen LogP contribution in [-0.2, 0) is 4.79 Å². The van der Waals surface area contributed by atoms with Crippen LogP contribution in [0.4, 0.5) is 4.79 Å². The first-order chi connectivity index (χ1) is 9.49. The Morgan fingerprint density at radius 1 is 1.25 bits per heavy atom. The van der Waals surface area contributed by atoms with E-state index in [1.807, 2.05) is 4.90 Å². The van der Waals surface area contributed by atoms with Gasteiger partial charge in [-0.25, -0.2) is 4.79 Å². The fourth-order valence-corrected chi connectivity index (χ4v) is 3.64. The molecule has 1 saturated heterocycles. The van der Waals surface area contributed by atoms with Crippen molar-refractivity contribution in [3.8, 4) is 0 Å². The van der Waals surface area contributed by atoms with Crippen molar-refractivity contribution in [3.63, 3.8) is 0 Å². The van der Waals surface area contributed by atoms with Crippen LogP contribution in [0.1, 0.15) is 46.0 Å². The van der Waals surface area contributed by atoms with Crippen molar-refractivity contribution in [2.75, 3.05) is 13.1 Å². The van der Waals surface area contributed by atoms with E-state index in [-0.39, 0.29) is 23.9 Å². The Hall–Kier alpha value is -1.26. The first kappa shape index (κ1) is 15.1. The molecular formula is C15H26N2O3. The van der Waals surface area contributed by atoms with E-state index in [9.17, 15) is 9.59 Å². The Labute approximate surface area is 120 Å². The van der Waals surface area contributed by atoms with E-state index in [0.717, 1.165) is 38.6 Å². The van der Waals surface area contributed by atoms with Gasteiger partial charge in [-0.3, -0.25) is 4.79 Å². The molecule has 0 aromatic rings. The Morgan fingerprint density at radius 2 is 2.00 bits per heavy atom. The lowest BCUT2D eigenvalue weighted by atomic mass is 9.93. The maximum atomic E-state index is 12.2.